The number of amides is 1. The van der Waals surface area contributed by atoms with E-state index in [0.717, 1.165) is 76.3 Å². The van der Waals surface area contributed by atoms with Gasteiger partial charge in [-0.2, -0.15) is 5.10 Å². The number of likely N-dealkylation sites (N-methyl/N-ethyl adjacent to an activating group) is 1. The minimum absolute atomic E-state index is 0.104. The molecule has 1 N–H and O–H groups in total. The van der Waals surface area contributed by atoms with Gasteiger partial charge in [0.1, 0.15) is 5.75 Å². The third-order valence-corrected chi connectivity index (χ3v) is 6.58. The van der Waals surface area contributed by atoms with Crippen molar-refractivity contribution >= 4 is 5.91 Å². The maximum absolute atomic E-state index is 13.4. The number of nitrogens with zero attached hydrogens (tertiary/aromatic N) is 4. The van der Waals surface area contributed by atoms with Crippen molar-refractivity contribution in [1.29, 1.82) is 0 Å². The molecule has 1 atom stereocenters. The number of methoxy groups -OCH3 is 1. The van der Waals surface area contributed by atoms with Crippen molar-refractivity contribution in [3.05, 3.63) is 46.8 Å². The number of aryl methyl sites for hydroxylation is 1. The Morgan fingerprint density at radius 1 is 1.26 bits per heavy atom. The molecule has 7 nitrogen and oxygen atoms in total. The van der Waals surface area contributed by atoms with Gasteiger partial charge >= 0.3 is 0 Å². The Morgan fingerprint density at radius 2 is 2.13 bits per heavy atom. The van der Waals surface area contributed by atoms with Crippen molar-refractivity contribution in [1.82, 2.24) is 24.9 Å². The van der Waals surface area contributed by atoms with Gasteiger partial charge in [0.25, 0.3) is 5.91 Å². The van der Waals surface area contributed by atoms with E-state index in [1.54, 1.807) is 7.11 Å². The quantitative estimate of drug-likeness (QED) is 0.770. The van der Waals surface area contributed by atoms with Crippen LogP contribution in [0.15, 0.2) is 24.3 Å². The summed E-state index contributed by atoms with van der Waals surface area (Å²) in [6.45, 7) is 7.26. The van der Waals surface area contributed by atoms with Crippen LogP contribution < -0.4 is 10.1 Å². The Balaban J connectivity index is 1.48. The molecule has 1 aliphatic carbocycles. The van der Waals surface area contributed by atoms with E-state index in [9.17, 15) is 4.79 Å². The second kappa shape index (κ2) is 9.83. The average Bonchev–Trinajstić information content (AvgIpc) is 3.03. The smallest absolute Gasteiger partial charge is 0.274 e. The summed E-state index contributed by atoms with van der Waals surface area (Å²) in [5.74, 6) is 0.984. The van der Waals surface area contributed by atoms with E-state index < -0.39 is 0 Å². The molecule has 1 aromatic carbocycles. The van der Waals surface area contributed by atoms with Crippen molar-refractivity contribution < 1.29 is 9.53 Å². The van der Waals surface area contributed by atoms with Crippen LogP contribution in [0.5, 0.6) is 5.75 Å². The lowest BCUT2D eigenvalue weighted by Crippen LogP contribution is -2.37. The first-order valence-corrected chi connectivity index (χ1v) is 11.5. The van der Waals surface area contributed by atoms with E-state index in [1.165, 1.54) is 11.3 Å². The summed E-state index contributed by atoms with van der Waals surface area (Å²) in [6.07, 6.45) is 3.89. The number of hydrogen-bond donors (Lipinski definition) is 1. The normalized spacial score (nSPS) is 19.7. The maximum Gasteiger partial charge on any atom is 0.274 e. The third-order valence-electron chi connectivity index (χ3n) is 6.58. The second-order valence-corrected chi connectivity index (χ2v) is 8.71. The van der Waals surface area contributed by atoms with Gasteiger partial charge in [0.05, 0.1) is 7.11 Å². The molecular weight excluding hydrogens is 390 g/mol. The number of carbonyl (C=O) groups is 1. The molecule has 1 aromatic heterocycles. The van der Waals surface area contributed by atoms with E-state index in [-0.39, 0.29) is 5.91 Å². The highest BCUT2D eigenvalue weighted by Crippen LogP contribution is 2.26. The van der Waals surface area contributed by atoms with Gasteiger partial charge in [0.15, 0.2) is 5.69 Å². The van der Waals surface area contributed by atoms with Gasteiger partial charge in [-0.15, -0.1) is 0 Å². The van der Waals surface area contributed by atoms with Crippen LogP contribution in [0.4, 0.5) is 0 Å². The van der Waals surface area contributed by atoms with Gasteiger partial charge in [-0.3, -0.25) is 9.48 Å². The summed E-state index contributed by atoms with van der Waals surface area (Å²) in [6, 6.07) is 8.52. The van der Waals surface area contributed by atoms with Crippen LogP contribution in [-0.4, -0.2) is 71.9 Å². The lowest BCUT2D eigenvalue weighted by atomic mass is 9.91. The molecule has 31 heavy (non-hydrogen) atoms. The molecule has 1 saturated heterocycles. The molecule has 0 bridgehead atoms. The summed E-state index contributed by atoms with van der Waals surface area (Å²) in [5, 5.41) is 8.47. The van der Waals surface area contributed by atoms with Crippen LogP contribution in [0.2, 0.25) is 0 Å². The number of benzene rings is 1. The van der Waals surface area contributed by atoms with Gasteiger partial charge in [-0.1, -0.05) is 12.1 Å². The first kappa shape index (κ1) is 21.8. The minimum Gasteiger partial charge on any atom is -0.497 e. The monoisotopic (exact) mass is 425 g/mol. The Morgan fingerprint density at radius 3 is 2.94 bits per heavy atom. The first-order valence-electron chi connectivity index (χ1n) is 11.5. The summed E-state index contributed by atoms with van der Waals surface area (Å²) >= 11 is 0. The molecule has 1 aliphatic heterocycles. The fraction of sp³-hybridized carbons (Fsp3) is 0.583. The van der Waals surface area contributed by atoms with Gasteiger partial charge in [0.2, 0.25) is 0 Å². The molecule has 2 aliphatic rings. The Labute approximate surface area is 185 Å². The molecule has 168 valence electrons. The number of nitrogens with one attached hydrogen (secondary N) is 1. The van der Waals surface area contributed by atoms with E-state index in [0.29, 0.717) is 11.7 Å². The minimum atomic E-state index is 0.104. The Bertz CT molecular complexity index is 909. The molecule has 1 fully saturated rings. The van der Waals surface area contributed by atoms with Crippen LogP contribution in [0.3, 0.4) is 0 Å². The standard InChI is InChI=1S/C24H35N5O2/c1-4-29-22-10-9-19(25-17-18-7-5-8-20(15-18)31-3)16-21(22)23(26-29)24(30)28-12-6-11-27(2)13-14-28/h5,7-8,15,19,25H,4,6,9-14,16-17H2,1-3H3. The Hall–Kier alpha value is -2.38. The van der Waals surface area contributed by atoms with E-state index in [2.05, 4.69) is 36.3 Å². The number of fused-ring (bicyclic) bond motifs is 1. The zero-order chi connectivity index (χ0) is 21.8. The van der Waals surface area contributed by atoms with Crippen LogP contribution in [0, 0.1) is 0 Å². The van der Waals surface area contributed by atoms with E-state index in [4.69, 9.17) is 9.84 Å². The molecule has 0 spiro atoms. The van der Waals surface area contributed by atoms with Crippen molar-refractivity contribution in [2.75, 3.05) is 40.3 Å². The predicted molar refractivity (Wildman–Crippen MR) is 122 cm³/mol. The molecule has 1 amide bonds. The predicted octanol–water partition coefficient (Wildman–Crippen LogP) is 2.34. The van der Waals surface area contributed by atoms with Crippen LogP contribution in [0.1, 0.15) is 47.1 Å². The SMILES string of the molecule is CCn1nc(C(=O)N2CCCN(C)CC2)c2c1CCC(NCc1cccc(OC)c1)C2. The Kier molecular flexibility index (Phi) is 6.92. The number of ether oxygens (including phenoxy) is 1. The molecule has 7 heteroatoms. The molecule has 2 aromatic rings. The highest BCUT2D eigenvalue weighted by Gasteiger charge is 2.31. The maximum atomic E-state index is 13.4. The third kappa shape index (κ3) is 4.93. The average molecular weight is 426 g/mol. The van der Waals surface area contributed by atoms with Crippen molar-refractivity contribution in [3.8, 4) is 5.75 Å². The van der Waals surface area contributed by atoms with Gasteiger partial charge in [-0.25, -0.2) is 0 Å². The van der Waals surface area contributed by atoms with Gasteiger partial charge < -0.3 is 19.9 Å². The highest BCUT2D eigenvalue weighted by atomic mass is 16.5. The molecular formula is C24H35N5O2. The van der Waals surface area contributed by atoms with Crippen molar-refractivity contribution in [2.45, 2.75) is 51.7 Å². The van der Waals surface area contributed by atoms with E-state index in [1.807, 2.05) is 21.7 Å². The van der Waals surface area contributed by atoms with E-state index >= 15 is 0 Å². The highest BCUT2D eigenvalue weighted by molar-refractivity contribution is 5.94. The fourth-order valence-electron chi connectivity index (χ4n) is 4.74. The number of rotatable bonds is 6. The molecule has 4 rings (SSSR count). The van der Waals surface area contributed by atoms with Crippen LogP contribution >= 0.6 is 0 Å². The zero-order valence-electron chi connectivity index (χ0n) is 19.1. The number of hydrogen-bond acceptors (Lipinski definition) is 5. The molecule has 0 saturated carbocycles. The first-order chi connectivity index (χ1) is 15.1. The van der Waals surface area contributed by atoms with Gasteiger partial charge in [-0.05, 0) is 63.9 Å². The van der Waals surface area contributed by atoms with Gasteiger partial charge in [0, 0.05) is 50.0 Å². The largest absolute Gasteiger partial charge is 0.497 e. The number of carbonyl (C=O) groups excluding carboxylic acids is 1. The van der Waals surface area contributed by atoms with Crippen LogP contribution in [0.25, 0.3) is 0 Å². The molecule has 0 radical (unpaired) electrons. The summed E-state index contributed by atoms with van der Waals surface area (Å²) in [5.41, 5.74) is 4.28. The van der Waals surface area contributed by atoms with Crippen LogP contribution in [-0.2, 0) is 25.9 Å². The zero-order valence-corrected chi connectivity index (χ0v) is 19.1. The lowest BCUT2D eigenvalue weighted by molar-refractivity contribution is 0.0754. The second-order valence-electron chi connectivity index (χ2n) is 8.71. The van der Waals surface area contributed by atoms with Crippen molar-refractivity contribution in [3.63, 3.8) is 0 Å². The topological polar surface area (TPSA) is 62.6 Å². The molecule has 1 unspecified atom stereocenters. The lowest BCUT2D eigenvalue weighted by Gasteiger charge is -2.25. The van der Waals surface area contributed by atoms with Crippen molar-refractivity contribution in [2.24, 2.45) is 0 Å². The number of aromatic nitrogens is 2. The fourth-order valence-corrected chi connectivity index (χ4v) is 4.74. The molecule has 2 heterocycles. The summed E-state index contributed by atoms with van der Waals surface area (Å²) in [7, 11) is 3.82. The summed E-state index contributed by atoms with van der Waals surface area (Å²) in [4.78, 5) is 17.7. The summed E-state index contributed by atoms with van der Waals surface area (Å²) < 4.78 is 7.39.